The molecule has 0 unspecified atom stereocenters. The Kier molecular flexibility index (Phi) is 6.64. The first-order valence-electron chi connectivity index (χ1n) is 10.2. The molecule has 1 saturated heterocycles. The van der Waals surface area contributed by atoms with Gasteiger partial charge in [0.25, 0.3) is 5.91 Å². The summed E-state index contributed by atoms with van der Waals surface area (Å²) < 4.78 is 43.9. The highest BCUT2D eigenvalue weighted by molar-refractivity contribution is 7.89. The Morgan fingerprint density at radius 1 is 0.970 bits per heavy atom. The first kappa shape index (κ1) is 23.2. The van der Waals surface area contributed by atoms with Gasteiger partial charge in [0.1, 0.15) is 22.2 Å². The minimum absolute atomic E-state index is 0.0274. The zero-order chi connectivity index (χ0) is 23.6. The third-order valence-electron chi connectivity index (χ3n) is 5.47. The summed E-state index contributed by atoms with van der Waals surface area (Å²) in [7, 11) is -0.955. The van der Waals surface area contributed by atoms with Gasteiger partial charge in [0.05, 0.1) is 19.2 Å². The molecular weight excluding hydrogens is 468 g/mol. The SMILES string of the molecule is COc1ccc(OC)c(S(=O)(=O)N2CCN(C(=O)c3ccc(-c4ccccc4Cl)o3)CC2)c1. The number of piperazine rings is 1. The molecule has 10 heteroatoms. The normalized spacial score (nSPS) is 14.8. The van der Waals surface area contributed by atoms with Crippen LogP contribution in [-0.2, 0) is 10.0 Å². The first-order chi connectivity index (χ1) is 15.8. The van der Waals surface area contributed by atoms with Crippen molar-refractivity contribution in [3.05, 3.63) is 65.4 Å². The Hall–Kier alpha value is -3.01. The number of hydrogen-bond acceptors (Lipinski definition) is 6. The standard InChI is InChI=1S/C23H23ClN2O6S/c1-30-16-7-8-20(31-2)22(15-16)33(28,29)26-13-11-25(12-14-26)23(27)21-10-9-19(32-21)17-5-3-4-6-18(17)24/h3-10,15H,11-14H2,1-2H3. The molecule has 0 N–H and O–H groups in total. The predicted molar refractivity (Wildman–Crippen MR) is 123 cm³/mol. The lowest BCUT2D eigenvalue weighted by molar-refractivity contribution is 0.0667. The van der Waals surface area contributed by atoms with Crippen LogP contribution in [0.15, 0.2) is 63.9 Å². The van der Waals surface area contributed by atoms with E-state index in [1.807, 2.05) is 18.2 Å². The van der Waals surface area contributed by atoms with Gasteiger partial charge < -0.3 is 18.8 Å². The second-order valence-corrected chi connectivity index (χ2v) is 9.67. The minimum Gasteiger partial charge on any atom is -0.497 e. The van der Waals surface area contributed by atoms with Crippen molar-refractivity contribution in [2.75, 3.05) is 40.4 Å². The Bertz CT molecular complexity index is 1270. The number of sulfonamides is 1. The van der Waals surface area contributed by atoms with Gasteiger partial charge in [-0.3, -0.25) is 4.79 Å². The van der Waals surface area contributed by atoms with Gasteiger partial charge in [-0.25, -0.2) is 8.42 Å². The average Bonchev–Trinajstić information content (AvgIpc) is 3.33. The molecular formula is C23H23ClN2O6S. The molecule has 0 atom stereocenters. The summed E-state index contributed by atoms with van der Waals surface area (Å²) in [6.07, 6.45) is 0. The number of ether oxygens (including phenoxy) is 2. The number of amides is 1. The van der Waals surface area contributed by atoms with Gasteiger partial charge in [-0.15, -0.1) is 0 Å². The second-order valence-electron chi connectivity index (χ2n) is 7.36. The Labute approximate surface area is 197 Å². The molecule has 0 radical (unpaired) electrons. The number of rotatable bonds is 6. The van der Waals surface area contributed by atoms with E-state index in [9.17, 15) is 13.2 Å². The summed E-state index contributed by atoms with van der Waals surface area (Å²) in [5.74, 6) is 1.02. The lowest BCUT2D eigenvalue weighted by Crippen LogP contribution is -2.50. The maximum atomic E-state index is 13.2. The summed E-state index contributed by atoms with van der Waals surface area (Å²) in [5, 5.41) is 0.526. The van der Waals surface area contributed by atoms with E-state index in [-0.39, 0.29) is 48.5 Å². The van der Waals surface area contributed by atoms with Crippen LogP contribution in [-0.4, -0.2) is 63.9 Å². The fourth-order valence-electron chi connectivity index (χ4n) is 3.67. The first-order valence-corrected chi connectivity index (χ1v) is 12.0. The van der Waals surface area contributed by atoms with Gasteiger partial charge in [-0.05, 0) is 36.4 Å². The molecule has 2 aromatic carbocycles. The van der Waals surface area contributed by atoms with Gasteiger partial charge >= 0.3 is 0 Å². The quantitative estimate of drug-likeness (QED) is 0.522. The Morgan fingerprint density at radius 3 is 2.36 bits per heavy atom. The summed E-state index contributed by atoms with van der Waals surface area (Å²) in [5.41, 5.74) is 0.696. The lowest BCUT2D eigenvalue weighted by Gasteiger charge is -2.33. The van der Waals surface area contributed by atoms with Crippen LogP contribution < -0.4 is 9.47 Å². The zero-order valence-corrected chi connectivity index (χ0v) is 19.7. The minimum atomic E-state index is -3.84. The third-order valence-corrected chi connectivity index (χ3v) is 7.72. The smallest absolute Gasteiger partial charge is 0.289 e. The number of nitrogens with zero attached hydrogens (tertiary/aromatic N) is 2. The number of furan rings is 1. The Balaban J connectivity index is 1.47. The van der Waals surface area contributed by atoms with Crippen molar-refractivity contribution in [1.29, 1.82) is 0 Å². The summed E-state index contributed by atoms with van der Waals surface area (Å²) in [4.78, 5) is 14.5. The van der Waals surface area contributed by atoms with Crippen LogP contribution in [0, 0.1) is 0 Å². The summed E-state index contributed by atoms with van der Waals surface area (Å²) in [6.45, 7) is 0.748. The molecule has 0 aliphatic carbocycles. The predicted octanol–water partition coefficient (Wildman–Crippen LogP) is 3.76. The third kappa shape index (κ3) is 4.57. The largest absolute Gasteiger partial charge is 0.497 e. The number of carbonyl (C=O) groups excluding carboxylic acids is 1. The van der Waals surface area contributed by atoms with Crippen LogP contribution in [0.3, 0.4) is 0 Å². The van der Waals surface area contributed by atoms with Crippen molar-refractivity contribution >= 4 is 27.5 Å². The van der Waals surface area contributed by atoms with E-state index in [0.717, 1.165) is 0 Å². The molecule has 0 saturated carbocycles. The van der Waals surface area contributed by atoms with E-state index in [1.54, 1.807) is 35.2 Å². The number of benzene rings is 2. The van der Waals surface area contributed by atoms with E-state index in [4.69, 9.17) is 25.5 Å². The summed E-state index contributed by atoms with van der Waals surface area (Å²) >= 11 is 6.21. The van der Waals surface area contributed by atoms with Crippen molar-refractivity contribution < 1.29 is 27.1 Å². The monoisotopic (exact) mass is 490 g/mol. The molecule has 2 heterocycles. The highest BCUT2D eigenvalue weighted by Crippen LogP contribution is 2.32. The maximum Gasteiger partial charge on any atom is 0.289 e. The Morgan fingerprint density at radius 2 is 1.70 bits per heavy atom. The molecule has 1 aliphatic rings. The number of carbonyl (C=O) groups is 1. The van der Waals surface area contributed by atoms with E-state index in [2.05, 4.69) is 0 Å². The molecule has 1 amide bonds. The molecule has 3 aromatic rings. The van der Waals surface area contributed by atoms with E-state index < -0.39 is 10.0 Å². The number of methoxy groups -OCH3 is 2. The van der Waals surface area contributed by atoms with Gasteiger partial charge in [0.2, 0.25) is 10.0 Å². The van der Waals surface area contributed by atoms with Crippen molar-refractivity contribution in [1.82, 2.24) is 9.21 Å². The molecule has 0 bridgehead atoms. The van der Waals surface area contributed by atoms with Crippen molar-refractivity contribution in [3.8, 4) is 22.8 Å². The zero-order valence-electron chi connectivity index (χ0n) is 18.2. The van der Waals surface area contributed by atoms with Crippen molar-refractivity contribution in [2.24, 2.45) is 0 Å². The van der Waals surface area contributed by atoms with Gasteiger partial charge in [-0.1, -0.05) is 23.7 Å². The van der Waals surface area contributed by atoms with Gasteiger partial charge in [0.15, 0.2) is 5.76 Å². The van der Waals surface area contributed by atoms with Crippen LogP contribution in [0.4, 0.5) is 0 Å². The summed E-state index contributed by atoms with van der Waals surface area (Å²) in [6, 6.07) is 15.1. The molecule has 1 fully saturated rings. The molecule has 4 rings (SSSR count). The van der Waals surface area contributed by atoms with Crippen LogP contribution in [0.25, 0.3) is 11.3 Å². The fourth-order valence-corrected chi connectivity index (χ4v) is 5.49. The molecule has 33 heavy (non-hydrogen) atoms. The van der Waals surface area contributed by atoms with Crippen LogP contribution in [0.5, 0.6) is 11.5 Å². The van der Waals surface area contributed by atoms with E-state index in [1.165, 1.54) is 24.6 Å². The second kappa shape index (κ2) is 9.46. The van der Waals surface area contributed by atoms with Gasteiger partial charge in [-0.2, -0.15) is 4.31 Å². The highest BCUT2D eigenvalue weighted by Gasteiger charge is 2.33. The van der Waals surface area contributed by atoms with Crippen LogP contribution in [0.2, 0.25) is 5.02 Å². The highest BCUT2D eigenvalue weighted by atomic mass is 35.5. The van der Waals surface area contributed by atoms with Crippen LogP contribution in [0.1, 0.15) is 10.6 Å². The van der Waals surface area contributed by atoms with Gasteiger partial charge in [0, 0.05) is 37.8 Å². The van der Waals surface area contributed by atoms with Crippen molar-refractivity contribution in [3.63, 3.8) is 0 Å². The number of hydrogen-bond donors (Lipinski definition) is 0. The molecule has 174 valence electrons. The fraction of sp³-hybridized carbons (Fsp3) is 0.261. The molecule has 0 spiro atoms. The van der Waals surface area contributed by atoms with Crippen molar-refractivity contribution in [2.45, 2.75) is 4.90 Å². The van der Waals surface area contributed by atoms with E-state index in [0.29, 0.717) is 22.1 Å². The lowest BCUT2D eigenvalue weighted by atomic mass is 10.2. The molecule has 1 aromatic heterocycles. The topological polar surface area (TPSA) is 89.3 Å². The van der Waals surface area contributed by atoms with Crippen LogP contribution >= 0.6 is 11.6 Å². The molecule has 1 aliphatic heterocycles. The van der Waals surface area contributed by atoms with E-state index >= 15 is 0 Å². The average molecular weight is 491 g/mol. The molecule has 8 nitrogen and oxygen atoms in total. The number of halogens is 1. The maximum absolute atomic E-state index is 13.2.